The number of halogens is 1. The normalized spacial score (nSPS) is 29.1. The summed E-state index contributed by atoms with van der Waals surface area (Å²) in [5.74, 6) is 0.600. The van der Waals surface area contributed by atoms with Crippen molar-refractivity contribution in [2.75, 3.05) is 19.8 Å². The largest absolute Gasteiger partial charge is 0.393 e. The fourth-order valence-electron chi connectivity index (χ4n) is 1.95. The number of rotatable bonds is 5. The predicted molar refractivity (Wildman–Crippen MR) is 51.4 cm³/mol. The fraction of sp³-hybridized carbons (Fsp3) is 1.00. The molecular weight excluding hydrogens is 169 g/mol. The highest BCUT2D eigenvalue weighted by Crippen LogP contribution is 2.23. The second-order valence-corrected chi connectivity index (χ2v) is 3.93. The maximum absolute atomic E-state index is 11.7. The summed E-state index contributed by atoms with van der Waals surface area (Å²) in [6.45, 7) is 1.47. The van der Waals surface area contributed by atoms with Crippen LogP contribution in [-0.2, 0) is 0 Å². The monoisotopic (exact) mass is 189 g/mol. The van der Waals surface area contributed by atoms with Gasteiger partial charge in [0.2, 0.25) is 0 Å². The molecule has 13 heavy (non-hydrogen) atoms. The van der Waals surface area contributed by atoms with E-state index >= 15 is 0 Å². The Balaban J connectivity index is 2.00. The highest BCUT2D eigenvalue weighted by atomic mass is 19.1. The number of hydrogen-bond donors (Lipinski definition) is 2. The van der Waals surface area contributed by atoms with Gasteiger partial charge in [0.05, 0.1) is 12.8 Å². The number of aliphatic hydroxyl groups is 1. The smallest absolute Gasteiger partial charge is 0.0906 e. The van der Waals surface area contributed by atoms with Gasteiger partial charge in [0.25, 0.3) is 0 Å². The third-order valence-electron chi connectivity index (χ3n) is 2.68. The Labute approximate surface area is 79.5 Å². The Morgan fingerprint density at radius 2 is 2.23 bits per heavy atom. The first-order valence-electron chi connectivity index (χ1n) is 5.27. The topological polar surface area (TPSA) is 32.3 Å². The van der Waals surface area contributed by atoms with E-state index in [1.54, 1.807) is 0 Å². The molecule has 1 saturated carbocycles. The second-order valence-electron chi connectivity index (χ2n) is 3.93. The summed E-state index contributed by atoms with van der Waals surface area (Å²) in [7, 11) is 0. The molecular formula is C10H20FNO. The Kier molecular flexibility index (Phi) is 5.32. The van der Waals surface area contributed by atoms with E-state index < -0.39 is 0 Å². The number of nitrogens with one attached hydrogen (secondary N) is 1. The zero-order chi connectivity index (χ0) is 9.52. The van der Waals surface area contributed by atoms with Gasteiger partial charge in [-0.3, -0.25) is 4.39 Å². The number of hydrogen-bond acceptors (Lipinski definition) is 2. The molecule has 0 aromatic carbocycles. The molecule has 0 spiro atoms. The molecule has 78 valence electrons. The van der Waals surface area contributed by atoms with E-state index in [9.17, 15) is 9.50 Å². The minimum Gasteiger partial charge on any atom is -0.393 e. The summed E-state index contributed by atoms with van der Waals surface area (Å²) in [6, 6.07) is 0. The lowest BCUT2D eigenvalue weighted by Gasteiger charge is -2.25. The van der Waals surface area contributed by atoms with E-state index in [1.807, 2.05) is 0 Å². The molecule has 2 atom stereocenters. The number of aliphatic hydroxyl groups excluding tert-OH is 1. The average molecular weight is 189 g/mol. The van der Waals surface area contributed by atoms with Crippen LogP contribution in [0.4, 0.5) is 4.39 Å². The van der Waals surface area contributed by atoms with Gasteiger partial charge in [-0.15, -0.1) is 0 Å². The molecule has 2 unspecified atom stereocenters. The molecule has 2 N–H and O–H groups in total. The Bertz CT molecular complexity index is 132. The molecule has 3 heteroatoms. The Morgan fingerprint density at radius 3 is 2.92 bits per heavy atom. The van der Waals surface area contributed by atoms with Crippen molar-refractivity contribution in [3.63, 3.8) is 0 Å². The Hall–Kier alpha value is -0.150. The first kappa shape index (κ1) is 10.9. The molecule has 0 amide bonds. The fourth-order valence-corrected chi connectivity index (χ4v) is 1.95. The highest BCUT2D eigenvalue weighted by molar-refractivity contribution is 4.73. The Morgan fingerprint density at radius 1 is 1.38 bits per heavy atom. The molecule has 0 aromatic rings. The van der Waals surface area contributed by atoms with Crippen molar-refractivity contribution in [2.45, 2.75) is 38.2 Å². The van der Waals surface area contributed by atoms with Crippen molar-refractivity contribution in [2.24, 2.45) is 5.92 Å². The SMILES string of the molecule is OC1CCCC(CNCCCF)C1. The molecule has 1 aliphatic carbocycles. The average Bonchev–Trinajstić information content (AvgIpc) is 2.13. The first-order chi connectivity index (χ1) is 6.33. The molecule has 0 bridgehead atoms. The summed E-state index contributed by atoms with van der Waals surface area (Å²) in [4.78, 5) is 0. The zero-order valence-electron chi connectivity index (χ0n) is 8.14. The van der Waals surface area contributed by atoms with Gasteiger partial charge in [-0.25, -0.2) is 0 Å². The van der Waals surface area contributed by atoms with Crippen molar-refractivity contribution >= 4 is 0 Å². The predicted octanol–water partition coefficient (Wildman–Crippen LogP) is 1.49. The highest BCUT2D eigenvalue weighted by Gasteiger charge is 2.19. The molecule has 0 heterocycles. The minimum absolute atomic E-state index is 0.0956. The molecule has 0 aromatic heterocycles. The van der Waals surface area contributed by atoms with E-state index in [0.717, 1.165) is 32.4 Å². The van der Waals surface area contributed by atoms with Crippen molar-refractivity contribution < 1.29 is 9.50 Å². The molecule has 0 aliphatic heterocycles. The lowest BCUT2D eigenvalue weighted by molar-refractivity contribution is 0.101. The van der Waals surface area contributed by atoms with Gasteiger partial charge >= 0.3 is 0 Å². The van der Waals surface area contributed by atoms with Gasteiger partial charge in [0.1, 0.15) is 0 Å². The third kappa shape index (κ3) is 4.58. The lowest BCUT2D eigenvalue weighted by atomic mass is 9.87. The maximum atomic E-state index is 11.7. The maximum Gasteiger partial charge on any atom is 0.0906 e. The van der Waals surface area contributed by atoms with Gasteiger partial charge in [0, 0.05) is 0 Å². The molecule has 1 rings (SSSR count). The van der Waals surface area contributed by atoms with E-state index in [4.69, 9.17) is 0 Å². The van der Waals surface area contributed by atoms with Gasteiger partial charge in [0.15, 0.2) is 0 Å². The van der Waals surface area contributed by atoms with Crippen molar-refractivity contribution in [1.82, 2.24) is 5.32 Å². The first-order valence-corrected chi connectivity index (χ1v) is 5.27. The molecule has 0 radical (unpaired) electrons. The summed E-state index contributed by atoms with van der Waals surface area (Å²) >= 11 is 0. The second kappa shape index (κ2) is 6.33. The lowest BCUT2D eigenvalue weighted by Crippen LogP contribution is -2.29. The van der Waals surface area contributed by atoms with Crippen LogP contribution in [0.3, 0.4) is 0 Å². The van der Waals surface area contributed by atoms with Crippen LogP contribution >= 0.6 is 0 Å². The van der Waals surface area contributed by atoms with Crippen molar-refractivity contribution in [3.05, 3.63) is 0 Å². The van der Waals surface area contributed by atoms with Gasteiger partial charge in [-0.2, -0.15) is 0 Å². The quantitative estimate of drug-likeness (QED) is 0.642. The molecule has 0 saturated heterocycles. The zero-order valence-corrected chi connectivity index (χ0v) is 8.14. The van der Waals surface area contributed by atoms with Crippen LogP contribution in [0.5, 0.6) is 0 Å². The summed E-state index contributed by atoms with van der Waals surface area (Å²) < 4.78 is 11.7. The standard InChI is InChI=1S/C10H20FNO/c11-5-2-6-12-8-9-3-1-4-10(13)7-9/h9-10,12-13H,1-8H2. The molecule has 1 aliphatic rings. The van der Waals surface area contributed by atoms with Gasteiger partial charge in [-0.1, -0.05) is 6.42 Å². The summed E-state index contributed by atoms with van der Waals surface area (Å²) in [6.07, 6.45) is 4.73. The van der Waals surface area contributed by atoms with Crippen LogP contribution in [0.1, 0.15) is 32.1 Å². The third-order valence-corrected chi connectivity index (χ3v) is 2.68. The van der Waals surface area contributed by atoms with Crippen LogP contribution in [0.15, 0.2) is 0 Å². The van der Waals surface area contributed by atoms with Crippen LogP contribution in [-0.4, -0.2) is 31.0 Å². The summed E-state index contributed by atoms with van der Waals surface area (Å²) in [5, 5.41) is 12.6. The van der Waals surface area contributed by atoms with Crippen LogP contribution in [0.25, 0.3) is 0 Å². The van der Waals surface area contributed by atoms with E-state index in [-0.39, 0.29) is 12.8 Å². The van der Waals surface area contributed by atoms with E-state index in [0.29, 0.717) is 12.3 Å². The van der Waals surface area contributed by atoms with Gasteiger partial charge < -0.3 is 10.4 Å². The van der Waals surface area contributed by atoms with Crippen LogP contribution in [0.2, 0.25) is 0 Å². The summed E-state index contributed by atoms with van der Waals surface area (Å²) in [5.41, 5.74) is 0. The van der Waals surface area contributed by atoms with Crippen molar-refractivity contribution in [3.8, 4) is 0 Å². The van der Waals surface area contributed by atoms with E-state index in [2.05, 4.69) is 5.32 Å². The van der Waals surface area contributed by atoms with Crippen molar-refractivity contribution in [1.29, 1.82) is 0 Å². The van der Waals surface area contributed by atoms with Crippen LogP contribution in [0, 0.1) is 5.92 Å². The molecule has 1 fully saturated rings. The molecule has 2 nitrogen and oxygen atoms in total. The van der Waals surface area contributed by atoms with E-state index in [1.165, 1.54) is 6.42 Å². The van der Waals surface area contributed by atoms with Crippen LogP contribution < -0.4 is 5.32 Å². The minimum atomic E-state index is -0.236. The van der Waals surface area contributed by atoms with Gasteiger partial charge in [-0.05, 0) is 44.7 Å². The number of alkyl halides is 1.